The maximum absolute atomic E-state index is 12.7. The number of aromatic nitrogens is 2. The van der Waals surface area contributed by atoms with Gasteiger partial charge in [-0.05, 0) is 38.3 Å². The number of carbonyl (C=O) groups is 2. The first kappa shape index (κ1) is 20.6. The molecule has 1 aliphatic rings. The van der Waals surface area contributed by atoms with Crippen LogP contribution in [0.5, 0.6) is 0 Å². The van der Waals surface area contributed by atoms with Gasteiger partial charge in [-0.3, -0.25) is 9.48 Å². The Morgan fingerprint density at radius 3 is 2.53 bits per heavy atom. The third-order valence-electron chi connectivity index (χ3n) is 5.53. The number of thiophene rings is 1. The predicted octanol–water partition coefficient (Wildman–Crippen LogP) is 4.40. The van der Waals surface area contributed by atoms with Crippen molar-refractivity contribution >= 4 is 33.4 Å². The second-order valence-electron chi connectivity index (χ2n) is 7.85. The van der Waals surface area contributed by atoms with Crippen molar-refractivity contribution in [3.63, 3.8) is 0 Å². The Hall–Kier alpha value is -2.67. The molecule has 1 aliphatic heterocycles. The van der Waals surface area contributed by atoms with Crippen LogP contribution in [0.1, 0.15) is 53.5 Å². The molecule has 0 radical (unpaired) electrons. The SMILES string of the molecule is Cc1nn(Cc2ccccc2)c2sc(C(=O)O[C@@H](C)C(=O)N3CCCCCC3)cc12. The van der Waals surface area contributed by atoms with Crippen molar-refractivity contribution in [2.45, 2.75) is 52.2 Å². The number of benzene rings is 1. The summed E-state index contributed by atoms with van der Waals surface area (Å²) in [5.41, 5.74) is 2.03. The summed E-state index contributed by atoms with van der Waals surface area (Å²) in [6, 6.07) is 11.9. The molecule has 1 atom stereocenters. The quantitative estimate of drug-likeness (QED) is 0.568. The summed E-state index contributed by atoms with van der Waals surface area (Å²) in [7, 11) is 0. The van der Waals surface area contributed by atoms with Crippen molar-refractivity contribution in [2.24, 2.45) is 0 Å². The van der Waals surface area contributed by atoms with Crippen LogP contribution >= 0.6 is 11.3 Å². The van der Waals surface area contributed by atoms with Crippen LogP contribution in [-0.4, -0.2) is 45.8 Å². The monoisotopic (exact) mass is 425 g/mol. The lowest BCUT2D eigenvalue weighted by molar-refractivity contribution is -0.139. The number of aryl methyl sites for hydroxylation is 1. The minimum absolute atomic E-state index is 0.0993. The van der Waals surface area contributed by atoms with Crippen molar-refractivity contribution in [2.75, 3.05) is 13.1 Å². The van der Waals surface area contributed by atoms with Crippen LogP contribution in [0.3, 0.4) is 0 Å². The van der Waals surface area contributed by atoms with E-state index in [1.54, 1.807) is 6.92 Å². The van der Waals surface area contributed by atoms with Gasteiger partial charge in [0.25, 0.3) is 5.91 Å². The summed E-state index contributed by atoms with van der Waals surface area (Å²) >= 11 is 1.37. The number of likely N-dealkylation sites (tertiary alicyclic amines) is 1. The summed E-state index contributed by atoms with van der Waals surface area (Å²) in [5, 5.41) is 5.57. The summed E-state index contributed by atoms with van der Waals surface area (Å²) in [6.07, 6.45) is 3.56. The van der Waals surface area contributed by atoms with Gasteiger partial charge in [0.15, 0.2) is 6.10 Å². The number of hydrogen-bond acceptors (Lipinski definition) is 5. The van der Waals surface area contributed by atoms with Crippen LogP contribution < -0.4 is 0 Å². The van der Waals surface area contributed by atoms with Crippen LogP contribution in [0.25, 0.3) is 10.2 Å². The zero-order chi connectivity index (χ0) is 21.1. The molecule has 3 heterocycles. The highest BCUT2D eigenvalue weighted by molar-refractivity contribution is 7.20. The van der Waals surface area contributed by atoms with E-state index in [0.29, 0.717) is 11.4 Å². The normalized spacial score (nSPS) is 15.7. The number of esters is 1. The van der Waals surface area contributed by atoms with E-state index in [1.165, 1.54) is 11.3 Å². The number of rotatable bonds is 5. The lowest BCUT2D eigenvalue weighted by atomic mass is 10.2. The van der Waals surface area contributed by atoms with Gasteiger partial charge in [-0.25, -0.2) is 4.79 Å². The number of nitrogens with zero attached hydrogens (tertiary/aromatic N) is 3. The number of ether oxygens (including phenoxy) is 1. The second-order valence-corrected chi connectivity index (χ2v) is 8.88. The van der Waals surface area contributed by atoms with Crippen molar-refractivity contribution in [3.05, 3.63) is 52.5 Å². The van der Waals surface area contributed by atoms with Gasteiger partial charge < -0.3 is 9.64 Å². The molecular weight excluding hydrogens is 398 g/mol. The zero-order valence-electron chi connectivity index (χ0n) is 17.5. The van der Waals surface area contributed by atoms with E-state index < -0.39 is 12.1 Å². The summed E-state index contributed by atoms with van der Waals surface area (Å²) < 4.78 is 7.46. The Labute approximate surface area is 180 Å². The van der Waals surface area contributed by atoms with Gasteiger partial charge in [-0.15, -0.1) is 11.3 Å². The topological polar surface area (TPSA) is 64.4 Å². The van der Waals surface area contributed by atoms with Crippen LogP contribution in [-0.2, 0) is 16.1 Å². The molecule has 4 rings (SSSR count). The van der Waals surface area contributed by atoms with Gasteiger partial charge >= 0.3 is 5.97 Å². The van der Waals surface area contributed by atoms with Crippen LogP contribution in [0.4, 0.5) is 0 Å². The third-order valence-corrected chi connectivity index (χ3v) is 6.66. The van der Waals surface area contributed by atoms with E-state index >= 15 is 0 Å². The zero-order valence-corrected chi connectivity index (χ0v) is 18.3. The van der Waals surface area contributed by atoms with Crippen LogP contribution in [0.15, 0.2) is 36.4 Å². The van der Waals surface area contributed by atoms with E-state index in [1.807, 2.05) is 40.8 Å². The molecule has 158 valence electrons. The summed E-state index contributed by atoms with van der Waals surface area (Å²) in [4.78, 5) is 28.7. The Kier molecular flexibility index (Phi) is 6.18. The van der Waals surface area contributed by atoms with Gasteiger partial charge in [0.2, 0.25) is 0 Å². The molecule has 0 spiro atoms. The van der Waals surface area contributed by atoms with E-state index in [4.69, 9.17) is 4.74 Å². The second kappa shape index (κ2) is 9.00. The maximum atomic E-state index is 12.7. The molecule has 2 aromatic heterocycles. The molecule has 0 bridgehead atoms. The average molecular weight is 426 g/mol. The average Bonchev–Trinajstić information content (AvgIpc) is 3.18. The van der Waals surface area contributed by atoms with Gasteiger partial charge in [0.05, 0.1) is 12.2 Å². The van der Waals surface area contributed by atoms with E-state index in [2.05, 4.69) is 17.2 Å². The predicted molar refractivity (Wildman–Crippen MR) is 118 cm³/mol. The molecule has 30 heavy (non-hydrogen) atoms. The maximum Gasteiger partial charge on any atom is 0.349 e. The van der Waals surface area contributed by atoms with Crippen molar-refractivity contribution in [1.29, 1.82) is 0 Å². The Morgan fingerprint density at radius 1 is 1.13 bits per heavy atom. The fraction of sp³-hybridized carbons (Fsp3) is 0.435. The molecule has 0 unspecified atom stereocenters. The van der Waals surface area contributed by atoms with Gasteiger partial charge in [-0.1, -0.05) is 43.2 Å². The highest BCUT2D eigenvalue weighted by atomic mass is 32.1. The molecule has 7 heteroatoms. The van der Waals surface area contributed by atoms with Crippen LogP contribution in [0, 0.1) is 6.92 Å². The third kappa shape index (κ3) is 4.41. The molecule has 0 saturated carbocycles. The molecule has 0 N–H and O–H groups in total. The minimum Gasteiger partial charge on any atom is -0.448 e. The van der Waals surface area contributed by atoms with E-state index in [9.17, 15) is 9.59 Å². The largest absolute Gasteiger partial charge is 0.448 e. The molecule has 1 fully saturated rings. The first-order valence-electron chi connectivity index (χ1n) is 10.5. The Morgan fingerprint density at radius 2 is 1.83 bits per heavy atom. The fourth-order valence-electron chi connectivity index (χ4n) is 3.89. The highest BCUT2D eigenvalue weighted by Gasteiger charge is 2.26. The molecule has 1 aromatic carbocycles. The minimum atomic E-state index is -0.775. The number of hydrogen-bond donors (Lipinski definition) is 0. The molecule has 6 nitrogen and oxygen atoms in total. The fourth-order valence-corrected chi connectivity index (χ4v) is 4.94. The summed E-state index contributed by atoms with van der Waals surface area (Å²) in [6.45, 7) is 5.75. The van der Waals surface area contributed by atoms with E-state index in [0.717, 1.165) is 60.2 Å². The molecular formula is C23H27N3O3S. The lowest BCUT2D eigenvalue weighted by Gasteiger charge is -2.23. The molecule has 1 amide bonds. The van der Waals surface area contributed by atoms with Gasteiger partial charge in [-0.2, -0.15) is 5.10 Å². The number of carbonyl (C=O) groups excluding carboxylic acids is 2. The number of amides is 1. The van der Waals surface area contributed by atoms with Gasteiger partial charge in [0.1, 0.15) is 9.71 Å². The highest BCUT2D eigenvalue weighted by Crippen LogP contribution is 2.29. The standard InChI is InChI=1S/C23H27N3O3S/c1-16-19-14-20(30-22(19)26(24-16)15-18-10-6-5-7-11-18)23(28)29-17(2)21(27)25-12-8-3-4-9-13-25/h5-7,10-11,14,17H,3-4,8-9,12-13,15H2,1-2H3/t17-/m0/s1. The van der Waals surface area contributed by atoms with E-state index in [-0.39, 0.29) is 5.91 Å². The molecule has 3 aromatic rings. The van der Waals surface area contributed by atoms with Gasteiger partial charge in [0, 0.05) is 18.5 Å². The number of fused-ring (bicyclic) bond motifs is 1. The smallest absolute Gasteiger partial charge is 0.349 e. The lowest BCUT2D eigenvalue weighted by Crippen LogP contribution is -2.40. The first-order valence-corrected chi connectivity index (χ1v) is 11.3. The summed E-state index contributed by atoms with van der Waals surface area (Å²) in [5.74, 6) is -0.546. The van der Waals surface area contributed by atoms with Crippen LogP contribution in [0.2, 0.25) is 0 Å². The Balaban J connectivity index is 1.48. The first-order chi connectivity index (χ1) is 14.5. The van der Waals surface area contributed by atoms with Crippen molar-refractivity contribution < 1.29 is 14.3 Å². The molecule has 1 saturated heterocycles. The Bertz CT molecular complexity index is 1030. The molecule has 0 aliphatic carbocycles. The van der Waals surface area contributed by atoms with Crippen molar-refractivity contribution in [3.8, 4) is 0 Å². The van der Waals surface area contributed by atoms with Crippen molar-refractivity contribution in [1.82, 2.24) is 14.7 Å².